The lowest BCUT2D eigenvalue weighted by Crippen LogP contribution is -2.03. The Morgan fingerprint density at radius 2 is 1.73 bits per heavy atom. The van der Waals surface area contributed by atoms with Crippen LogP contribution in [0.25, 0.3) is 0 Å². The van der Waals surface area contributed by atoms with Gasteiger partial charge in [0, 0.05) is 12.4 Å². The van der Waals surface area contributed by atoms with E-state index in [4.69, 9.17) is 5.26 Å². The molecule has 74 valence electrons. The van der Waals surface area contributed by atoms with Gasteiger partial charge in [0.15, 0.2) is 0 Å². The minimum atomic E-state index is 0.313. The molecule has 0 bridgehead atoms. The summed E-state index contributed by atoms with van der Waals surface area (Å²) in [5.74, 6) is 0. The quantitative estimate of drug-likeness (QED) is 0.725. The zero-order valence-corrected chi connectivity index (χ0v) is 8.59. The van der Waals surface area contributed by atoms with Gasteiger partial charge in [-0.05, 0) is 36.8 Å². The summed E-state index contributed by atoms with van der Waals surface area (Å²) in [5, 5.41) is 8.70. The van der Waals surface area contributed by atoms with Crippen molar-refractivity contribution in [2.24, 2.45) is 0 Å². The van der Waals surface area contributed by atoms with Crippen LogP contribution in [0, 0.1) is 11.3 Å². The molecule has 0 amide bonds. The highest BCUT2D eigenvalue weighted by Crippen LogP contribution is 2.17. The lowest BCUT2D eigenvalue weighted by molar-refractivity contribution is 0.643. The third kappa shape index (κ3) is 1.92. The fraction of sp³-hybridized carbons (Fsp3) is 0.154. The molecule has 2 rings (SSSR count). The van der Waals surface area contributed by atoms with Crippen LogP contribution >= 0.6 is 0 Å². The summed E-state index contributed by atoms with van der Waals surface area (Å²) in [6.07, 6.45) is 4.09. The Labute approximate surface area is 89.4 Å². The van der Waals surface area contributed by atoms with Crippen LogP contribution in [0.5, 0.6) is 0 Å². The molecule has 2 heteroatoms. The van der Waals surface area contributed by atoms with Crippen LogP contribution in [-0.4, -0.2) is 4.57 Å². The summed E-state index contributed by atoms with van der Waals surface area (Å²) >= 11 is 0. The fourth-order valence-corrected chi connectivity index (χ4v) is 1.61. The van der Waals surface area contributed by atoms with Gasteiger partial charge in [0.1, 0.15) is 0 Å². The predicted octanol–water partition coefficient (Wildman–Crippen LogP) is 2.97. The van der Waals surface area contributed by atoms with Crippen molar-refractivity contribution >= 4 is 0 Å². The van der Waals surface area contributed by atoms with E-state index in [1.165, 1.54) is 5.56 Å². The first kappa shape index (κ1) is 9.54. The van der Waals surface area contributed by atoms with Crippen LogP contribution < -0.4 is 0 Å². The van der Waals surface area contributed by atoms with Crippen molar-refractivity contribution in [1.29, 1.82) is 5.26 Å². The Bertz CT molecular complexity index is 460. The molecule has 0 fully saturated rings. The van der Waals surface area contributed by atoms with Crippen LogP contribution in [-0.2, 0) is 0 Å². The summed E-state index contributed by atoms with van der Waals surface area (Å²) in [6.45, 7) is 2.14. The van der Waals surface area contributed by atoms with Gasteiger partial charge in [-0.25, -0.2) is 0 Å². The molecular weight excluding hydrogens is 184 g/mol. The molecule has 1 atom stereocenters. The molecule has 2 aromatic rings. The Morgan fingerprint density at radius 1 is 1.13 bits per heavy atom. The van der Waals surface area contributed by atoms with Gasteiger partial charge in [0.25, 0.3) is 0 Å². The van der Waals surface area contributed by atoms with E-state index in [0.29, 0.717) is 11.6 Å². The number of hydrogen-bond acceptors (Lipinski definition) is 1. The minimum Gasteiger partial charge on any atom is -0.347 e. The van der Waals surface area contributed by atoms with E-state index in [1.807, 2.05) is 48.8 Å². The second-order valence-electron chi connectivity index (χ2n) is 3.54. The van der Waals surface area contributed by atoms with Gasteiger partial charge >= 0.3 is 0 Å². The summed E-state index contributed by atoms with van der Waals surface area (Å²) in [4.78, 5) is 0. The molecule has 1 heterocycles. The highest BCUT2D eigenvalue weighted by atomic mass is 15.0. The molecular formula is C13H12N2. The molecule has 15 heavy (non-hydrogen) atoms. The van der Waals surface area contributed by atoms with Crippen LogP contribution in [0.1, 0.15) is 24.1 Å². The molecule has 0 spiro atoms. The summed E-state index contributed by atoms with van der Waals surface area (Å²) in [5.41, 5.74) is 1.92. The first-order valence-electron chi connectivity index (χ1n) is 4.94. The van der Waals surface area contributed by atoms with E-state index >= 15 is 0 Å². The normalized spacial score (nSPS) is 12.0. The van der Waals surface area contributed by atoms with Gasteiger partial charge in [-0.15, -0.1) is 0 Å². The topological polar surface area (TPSA) is 28.7 Å². The molecule has 0 aliphatic heterocycles. The molecule has 1 unspecified atom stereocenters. The maximum Gasteiger partial charge on any atom is 0.0991 e. The van der Waals surface area contributed by atoms with Crippen molar-refractivity contribution in [3.63, 3.8) is 0 Å². The van der Waals surface area contributed by atoms with Crippen molar-refractivity contribution in [3.05, 3.63) is 59.9 Å². The Hall–Kier alpha value is -2.01. The number of nitrogens with zero attached hydrogens (tertiary/aromatic N) is 2. The van der Waals surface area contributed by atoms with E-state index in [0.717, 1.165) is 0 Å². The monoisotopic (exact) mass is 196 g/mol. The van der Waals surface area contributed by atoms with E-state index in [2.05, 4.69) is 17.6 Å². The Kier molecular flexibility index (Phi) is 2.55. The third-order valence-corrected chi connectivity index (χ3v) is 2.60. The molecule has 2 nitrogen and oxygen atoms in total. The second kappa shape index (κ2) is 4.02. The maximum atomic E-state index is 8.70. The second-order valence-corrected chi connectivity index (χ2v) is 3.54. The molecule has 0 saturated carbocycles. The van der Waals surface area contributed by atoms with Crippen molar-refractivity contribution in [2.75, 3.05) is 0 Å². The highest BCUT2D eigenvalue weighted by Gasteiger charge is 2.05. The molecule has 1 aromatic heterocycles. The van der Waals surface area contributed by atoms with E-state index in [-0.39, 0.29) is 0 Å². The molecule has 0 aliphatic rings. The zero-order chi connectivity index (χ0) is 10.7. The molecule has 0 N–H and O–H groups in total. The average Bonchev–Trinajstić information content (AvgIpc) is 2.82. The minimum absolute atomic E-state index is 0.313. The van der Waals surface area contributed by atoms with Crippen LogP contribution in [0.15, 0.2) is 48.8 Å². The SMILES string of the molecule is CC(c1ccc(C#N)cc1)n1cccc1. The summed E-state index contributed by atoms with van der Waals surface area (Å²) < 4.78 is 2.14. The van der Waals surface area contributed by atoms with Crippen molar-refractivity contribution in [3.8, 4) is 6.07 Å². The number of nitriles is 1. The van der Waals surface area contributed by atoms with Gasteiger partial charge < -0.3 is 4.57 Å². The Morgan fingerprint density at radius 3 is 2.27 bits per heavy atom. The van der Waals surface area contributed by atoms with E-state index in [9.17, 15) is 0 Å². The lowest BCUT2D eigenvalue weighted by Gasteiger charge is -2.13. The first-order chi connectivity index (χ1) is 7.31. The maximum absolute atomic E-state index is 8.70. The Balaban J connectivity index is 2.27. The number of aromatic nitrogens is 1. The standard InChI is InChI=1S/C13H12N2/c1-11(15-8-2-3-9-15)13-6-4-12(10-14)5-7-13/h2-9,11H,1H3. The van der Waals surface area contributed by atoms with E-state index < -0.39 is 0 Å². The number of benzene rings is 1. The van der Waals surface area contributed by atoms with Crippen LogP contribution in [0.3, 0.4) is 0 Å². The van der Waals surface area contributed by atoms with Gasteiger partial charge in [-0.3, -0.25) is 0 Å². The summed E-state index contributed by atoms with van der Waals surface area (Å²) in [6, 6.07) is 14.2. The molecule has 0 saturated heterocycles. The van der Waals surface area contributed by atoms with Crippen molar-refractivity contribution in [1.82, 2.24) is 4.57 Å². The lowest BCUT2D eigenvalue weighted by atomic mass is 10.1. The number of rotatable bonds is 2. The summed E-state index contributed by atoms with van der Waals surface area (Å²) in [7, 11) is 0. The molecule has 0 radical (unpaired) electrons. The van der Waals surface area contributed by atoms with Gasteiger partial charge in [-0.1, -0.05) is 12.1 Å². The largest absolute Gasteiger partial charge is 0.347 e. The molecule has 0 aliphatic carbocycles. The van der Waals surface area contributed by atoms with Crippen LogP contribution in [0.2, 0.25) is 0 Å². The first-order valence-corrected chi connectivity index (χ1v) is 4.94. The zero-order valence-electron chi connectivity index (χ0n) is 8.59. The van der Waals surface area contributed by atoms with Gasteiger partial charge in [0.05, 0.1) is 17.7 Å². The van der Waals surface area contributed by atoms with Crippen molar-refractivity contribution in [2.45, 2.75) is 13.0 Å². The highest BCUT2D eigenvalue weighted by molar-refractivity contribution is 5.33. The number of hydrogen-bond donors (Lipinski definition) is 0. The van der Waals surface area contributed by atoms with Crippen LogP contribution in [0.4, 0.5) is 0 Å². The van der Waals surface area contributed by atoms with Crippen molar-refractivity contribution < 1.29 is 0 Å². The smallest absolute Gasteiger partial charge is 0.0991 e. The van der Waals surface area contributed by atoms with Gasteiger partial charge in [0.2, 0.25) is 0 Å². The van der Waals surface area contributed by atoms with E-state index in [1.54, 1.807) is 0 Å². The average molecular weight is 196 g/mol. The van der Waals surface area contributed by atoms with Gasteiger partial charge in [-0.2, -0.15) is 5.26 Å². The predicted molar refractivity (Wildman–Crippen MR) is 59.4 cm³/mol. The fourth-order valence-electron chi connectivity index (χ4n) is 1.61. The third-order valence-electron chi connectivity index (χ3n) is 2.60. The molecule has 1 aromatic carbocycles.